The molecule has 300 valence electrons. The molecule has 0 heterocycles. The lowest BCUT2D eigenvalue weighted by molar-refractivity contribution is 0.419. The lowest BCUT2D eigenvalue weighted by atomic mass is 9.87. The van der Waals surface area contributed by atoms with Gasteiger partial charge in [-0.1, -0.05) is 129 Å². The highest BCUT2D eigenvalue weighted by atomic mass is 16.5. The highest BCUT2D eigenvalue weighted by molar-refractivity contribution is 6.29. The number of hydrogen-bond acceptors (Lipinski definition) is 5. The molecule has 0 aliphatic heterocycles. The fraction of sp³-hybridized carbons (Fsp3) is 0.0526. The molecule has 62 heavy (non-hydrogen) atoms. The summed E-state index contributed by atoms with van der Waals surface area (Å²) in [6, 6.07) is 70.6. The van der Waals surface area contributed by atoms with Gasteiger partial charge >= 0.3 is 0 Å². The Morgan fingerprint density at radius 3 is 1.05 bits per heavy atom. The summed E-state index contributed by atoms with van der Waals surface area (Å²) in [6.45, 7) is 2.22. The van der Waals surface area contributed by atoms with Crippen LogP contribution in [0.15, 0.2) is 212 Å². The molecule has 0 radical (unpaired) electrons. The van der Waals surface area contributed by atoms with E-state index in [0.29, 0.717) is 51.7 Å². The smallest absolute Gasteiger partial charge is 0.170 e. The van der Waals surface area contributed by atoms with Crippen LogP contribution in [0.4, 0.5) is 0 Å². The first-order valence-electron chi connectivity index (χ1n) is 20.9. The lowest BCUT2D eigenvalue weighted by Crippen LogP contribution is -1.97. The number of benzene rings is 10. The summed E-state index contributed by atoms with van der Waals surface area (Å²) in [7, 11) is 0. The van der Waals surface area contributed by atoms with Crippen molar-refractivity contribution in [3.63, 3.8) is 0 Å². The highest BCUT2D eigenvalue weighted by Gasteiger charge is 2.23. The maximum absolute atomic E-state index is 6.76. The molecule has 0 amide bonds. The highest BCUT2D eigenvalue weighted by Crippen LogP contribution is 2.50. The fourth-order valence-corrected chi connectivity index (χ4v) is 8.06. The fourth-order valence-electron chi connectivity index (χ4n) is 8.06. The van der Waals surface area contributed by atoms with Gasteiger partial charge in [-0.3, -0.25) is 0 Å². The molecule has 0 N–H and O–H groups in total. The molecule has 0 unspecified atom stereocenters. The molecular weight excluding hydrogens is 765 g/mol. The molecule has 5 heteroatoms. The van der Waals surface area contributed by atoms with Crippen molar-refractivity contribution in [3.8, 4) is 68.6 Å². The van der Waals surface area contributed by atoms with Crippen molar-refractivity contribution < 1.29 is 23.7 Å². The molecule has 0 atom stereocenters. The van der Waals surface area contributed by atoms with Gasteiger partial charge in [0.25, 0.3) is 0 Å². The third-order valence-electron chi connectivity index (χ3n) is 10.8. The molecule has 10 aromatic rings. The van der Waals surface area contributed by atoms with E-state index in [0.717, 1.165) is 62.0 Å². The summed E-state index contributed by atoms with van der Waals surface area (Å²) < 4.78 is 33.7. The van der Waals surface area contributed by atoms with E-state index >= 15 is 0 Å². The second-order valence-electron chi connectivity index (χ2n) is 15.1. The molecule has 5 nitrogen and oxygen atoms in total. The first-order valence-corrected chi connectivity index (χ1v) is 20.9. The Labute approximate surface area is 360 Å². The van der Waals surface area contributed by atoms with E-state index in [9.17, 15) is 0 Å². The predicted octanol–water partition coefficient (Wildman–Crippen LogP) is 16.7. The second kappa shape index (κ2) is 17.3. The molecule has 10 aromatic carbocycles. The van der Waals surface area contributed by atoms with Crippen molar-refractivity contribution in [2.75, 3.05) is 0 Å². The molecule has 0 bridgehead atoms. The molecule has 0 saturated heterocycles. The van der Waals surface area contributed by atoms with Crippen molar-refractivity contribution in [2.24, 2.45) is 0 Å². The van der Waals surface area contributed by atoms with Crippen molar-refractivity contribution in [3.05, 3.63) is 218 Å². The Kier molecular flexibility index (Phi) is 10.7. The van der Waals surface area contributed by atoms with Gasteiger partial charge in [-0.2, -0.15) is 0 Å². The number of fused-ring (bicyclic) bond motifs is 6. The molecule has 10 rings (SSSR count). The van der Waals surface area contributed by atoms with Crippen LogP contribution in [0.1, 0.15) is 18.9 Å². The third-order valence-corrected chi connectivity index (χ3v) is 10.8. The van der Waals surface area contributed by atoms with E-state index in [2.05, 4.69) is 67.6 Å². The summed E-state index contributed by atoms with van der Waals surface area (Å²) in [5.74, 6) is 6.52. The van der Waals surface area contributed by atoms with E-state index in [1.807, 2.05) is 152 Å². The van der Waals surface area contributed by atoms with Gasteiger partial charge in [0.15, 0.2) is 23.0 Å². The molecule has 0 saturated carbocycles. The van der Waals surface area contributed by atoms with E-state index in [1.165, 1.54) is 5.56 Å². The van der Waals surface area contributed by atoms with Gasteiger partial charge in [-0.25, -0.2) is 0 Å². The minimum Gasteiger partial charge on any atom is -0.457 e. The lowest BCUT2D eigenvalue weighted by Gasteiger charge is -2.21. The Hall–Kier alpha value is -8.02. The monoisotopic (exact) mass is 806 g/mol. The van der Waals surface area contributed by atoms with Gasteiger partial charge in [-0.05, 0) is 152 Å². The first-order chi connectivity index (χ1) is 30.7. The Bertz CT molecular complexity index is 3060. The van der Waals surface area contributed by atoms with Crippen LogP contribution in [0.5, 0.6) is 57.5 Å². The summed E-state index contributed by atoms with van der Waals surface area (Å²) in [5, 5.41) is 5.85. The first kappa shape index (κ1) is 38.2. The van der Waals surface area contributed by atoms with E-state index in [-0.39, 0.29) is 0 Å². The van der Waals surface area contributed by atoms with Crippen molar-refractivity contribution in [1.82, 2.24) is 0 Å². The van der Waals surface area contributed by atoms with Crippen LogP contribution in [0, 0.1) is 0 Å². The topological polar surface area (TPSA) is 46.2 Å². The van der Waals surface area contributed by atoms with Gasteiger partial charge in [0.2, 0.25) is 0 Å². The van der Waals surface area contributed by atoms with Crippen LogP contribution in [0.2, 0.25) is 0 Å². The third kappa shape index (κ3) is 8.00. The predicted molar refractivity (Wildman–Crippen MR) is 251 cm³/mol. The molecule has 0 spiro atoms. The van der Waals surface area contributed by atoms with Gasteiger partial charge in [-0.15, -0.1) is 0 Å². The van der Waals surface area contributed by atoms with Gasteiger partial charge < -0.3 is 23.7 Å². The van der Waals surface area contributed by atoms with Gasteiger partial charge in [0.1, 0.15) is 34.5 Å². The SMILES string of the molecule is CCCc1ccccc1-c1cc(Oc2ccccc2)cc2c3cc(Oc4ccccc4)c(Oc4ccccc4)cc3c3cc(Oc4ccccc4)c(Oc4ccccc4)cc3c12. The summed E-state index contributed by atoms with van der Waals surface area (Å²) in [6.07, 6.45) is 1.91. The van der Waals surface area contributed by atoms with Crippen molar-refractivity contribution in [1.29, 1.82) is 0 Å². The summed E-state index contributed by atoms with van der Waals surface area (Å²) in [5.41, 5.74) is 3.44. The molecule has 0 aromatic heterocycles. The molecular formula is C57H42O5. The minimum atomic E-state index is 0.563. The van der Waals surface area contributed by atoms with Crippen molar-refractivity contribution >= 4 is 32.3 Å². The van der Waals surface area contributed by atoms with Crippen LogP contribution in [-0.2, 0) is 6.42 Å². The van der Waals surface area contributed by atoms with Gasteiger partial charge in [0, 0.05) is 0 Å². The van der Waals surface area contributed by atoms with E-state index < -0.39 is 0 Å². The number of ether oxygens (including phenoxy) is 5. The Morgan fingerprint density at radius 1 is 0.290 bits per heavy atom. The maximum atomic E-state index is 6.76. The zero-order valence-corrected chi connectivity index (χ0v) is 34.2. The van der Waals surface area contributed by atoms with Crippen molar-refractivity contribution in [2.45, 2.75) is 19.8 Å². The van der Waals surface area contributed by atoms with Crippen LogP contribution in [0.25, 0.3) is 43.4 Å². The number of para-hydroxylation sites is 5. The molecule has 0 aliphatic rings. The minimum absolute atomic E-state index is 0.563. The van der Waals surface area contributed by atoms with Crippen LogP contribution in [0.3, 0.4) is 0 Å². The van der Waals surface area contributed by atoms with Crippen LogP contribution < -0.4 is 23.7 Å². The van der Waals surface area contributed by atoms with E-state index in [4.69, 9.17) is 23.7 Å². The van der Waals surface area contributed by atoms with Crippen LogP contribution >= 0.6 is 0 Å². The number of rotatable bonds is 13. The Balaban J connectivity index is 1.34. The zero-order valence-electron chi connectivity index (χ0n) is 34.2. The molecule has 0 aliphatic carbocycles. The van der Waals surface area contributed by atoms with Crippen LogP contribution in [-0.4, -0.2) is 0 Å². The number of aryl methyl sites for hydroxylation is 1. The zero-order chi connectivity index (χ0) is 41.7. The average Bonchev–Trinajstić information content (AvgIpc) is 3.31. The Morgan fingerprint density at radius 2 is 0.629 bits per heavy atom. The molecule has 0 fully saturated rings. The summed E-state index contributed by atoms with van der Waals surface area (Å²) >= 11 is 0. The summed E-state index contributed by atoms with van der Waals surface area (Å²) in [4.78, 5) is 0. The standard InChI is InChI=1S/C57H42O5/c1-2-20-39-21-18-19-32-46(39)50-33-45(58-40-22-8-3-9-23-40)34-51-48-36-54(60-42-26-12-5-13-27-42)53(59-41-24-10-4-11-25-41)35-47(48)49-37-55(61-43-28-14-6-15-29-43)56(38-52(49)57(50)51)62-44-30-16-7-17-31-44/h3-19,21-38H,2,20H2,1H3. The quantitative estimate of drug-likeness (QED) is 0.109. The normalized spacial score (nSPS) is 11.1. The maximum Gasteiger partial charge on any atom is 0.170 e. The average molecular weight is 807 g/mol. The largest absolute Gasteiger partial charge is 0.457 e. The second-order valence-corrected chi connectivity index (χ2v) is 15.1. The van der Waals surface area contributed by atoms with Gasteiger partial charge in [0.05, 0.1) is 0 Å². The number of hydrogen-bond donors (Lipinski definition) is 0. The van der Waals surface area contributed by atoms with E-state index in [1.54, 1.807) is 0 Å².